The Morgan fingerprint density at radius 2 is 1.94 bits per heavy atom. The summed E-state index contributed by atoms with van der Waals surface area (Å²) in [6.45, 7) is 3.51. The lowest BCUT2D eigenvalue weighted by Crippen LogP contribution is -2.21. The molecule has 1 aliphatic carbocycles. The Morgan fingerprint density at radius 1 is 1.19 bits per heavy atom. The van der Waals surface area contributed by atoms with Crippen LogP contribution in [0.2, 0.25) is 0 Å². The van der Waals surface area contributed by atoms with Gasteiger partial charge in [-0.05, 0) is 37.5 Å². The maximum absolute atomic E-state index is 5.58. The van der Waals surface area contributed by atoms with E-state index in [1.807, 2.05) is 6.07 Å². The first-order chi connectivity index (χ1) is 7.83. The van der Waals surface area contributed by atoms with Crippen molar-refractivity contribution >= 4 is 0 Å². The van der Waals surface area contributed by atoms with Gasteiger partial charge in [-0.15, -0.1) is 0 Å². The summed E-state index contributed by atoms with van der Waals surface area (Å²) < 4.78 is 11.1. The lowest BCUT2D eigenvalue weighted by Gasteiger charge is -2.21. The summed E-state index contributed by atoms with van der Waals surface area (Å²) in [5, 5.41) is 3.58. The highest BCUT2D eigenvalue weighted by Gasteiger charge is 2.24. The van der Waals surface area contributed by atoms with E-state index in [0.29, 0.717) is 19.3 Å². The summed E-state index contributed by atoms with van der Waals surface area (Å²) in [5.74, 6) is 1.75. The van der Waals surface area contributed by atoms with E-state index < -0.39 is 0 Å². The van der Waals surface area contributed by atoms with Gasteiger partial charge >= 0.3 is 0 Å². The van der Waals surface area contributed by atoms with Gasteiger partial charge in [0.1, 0.15) is 13.2 Å². The van der Waals surface area contributed by atoms with Crippen molar-refractivity contribution in [1.29, 1.82) is 0 Å². The van der Waals surface area contributed by atoms with Crippen molar-refractivity contribution in [2.24, 2.45) is 0 Å². The second-order valence-corrected chi connectivity index (χ2v) is 4.57. The Hall–Kier alpha value is -1.22. The van der Waals surface area contributed by atoms with E-state index in [1.165, 1.54) is 18.4 Å². The summed E-state index contributed by atoms with van der Waals surface area (Å²) in [7, 11) is 0. The van der Waals surface area contributed by atoms with Crippen molar-refractivity contribution < 1.29 is 9.47 Å². The minimum atomic E-state index is 0.392. The molecule has 1 saturated carbocycles. The Labute approximate surface area is 95.8 Å². The SMILES string of the molecule is CC(NC1CC1)c1ccc2c(c1)OCCO2. The molecule has 0 aromatic heterocycles. The van der Waals surface area contributed by atoms with Gasteiger partial charge in [-0.25, -0.2) is 0 Å². The molecule has 1 heterocycles. The fourth-order valence-electron chi connectivity index (χ4n) is 2.03. The molecule has 1 fully saturated rings. The molecule has 3 heteroatoms. The number of rotatable bonds is 3. The predicted molar refractivity (Wildman–Crippen MR) is 62.0 cm³/mol. The average molecular weight is 219 g/mol. The molecule has 1 N–H and O–H groups in total. The first kappa shape index (κ1) is 9.97. The molecule has 1 aliphatic heterocycles. The highest BCUT2D eigenvalue weighted by Crippen LogP contribution is 2.33. The summed E-state index contributed by atoms with van der Waals surface area (Å²) in [5.41, 5.74) is 1.27. The van der Waals surface area contributed by atoms with E-state index in [0.717, 1.165) is 17.5 Å². The third-order valence-corrected chi connectivity index (χ3v) is 3.13. The highest BCUT2D eigenvalue weighted by atomic mass is 16.6. The molecular formula is C13H17NO2. The van der Waals surface area contributed by atoms with E-state index in [2.05, 4.69) is 24.4 Å². The molecule has 0 spiro atoms. The Kier molecular flexibility index (Phi) is 2.48. The van der Waals surface area contributed by atoms with E-state index in [-0.39, 0.29) is 0 Å². The largest absolute Gasteiger partial charge is 0.486 e. The summed E-state index contributed by atoms with van der Waals surface area (Å²) >= 11 is 0. The maximum Gasteiger partial charge on any atom is 0.161 e. The number of benzene rings is 1. The van der Waals surface area contributed by atoms with Gasteiger partial charge in [-0.3, -0.25) is 0 Å². The van der Waals surface area contributed by atoms with Crippen LogP contribution < -0.4 is 14.8 Å². The van der Waals surface area contributed by atoms with Crippen LogP contribution in [0.1, 0.15) is 31.4 Å². The summed E-state index contributed by atoms with van der Waals surface area (Å²) in [6.07, 6.45) is 2.63. The van der Waals surface area contributed by atoms with E-state index in [1.54, 1.807) is 0 Å². The predicted octanol–water partition coefficient (Wildman–Crippen LogP) is 2.27. The van der Waals surface area contributed by atoms with Crippen molar-refractivity contribution in [2.75, 3.05) is 13.2 Å². The molecule has 3 rings (SSSR count). The molecule has 0 radical (unpaired) electrons. The van der Waals surface area contributed by atoms with E-state index >= 15 is 0 Å². The molecular weight excluding hydrogens is 202 g/mol. The molecule has 0 amide bonds. The molecule has 16 heavy (non-hydrogen) atoms. The van der Waals surface area contributed by atoms with Gasteiger partial charge in [0.2, 0.25) is 0 Å². The van der Waals surface area contributed by atoms with Gasteiger partial charge in [0, 0.05) is 12.1 Å². The Morgan fingerprint density at radius 3 is 2.69 bits per heavy atom. The minimum Gasteiger partial charge on any atom is -0.486 e. The molecule has 0 bridgehead atoms. The summed E-state index contributed by atoms with van der Waals surface area (Å²) in [4.78, 5) is 0. The monoisotopic (exact) mass is 219 g/mol. The van der Waals surface area contributed by atoms with Crippen molar-refractivity contribution in [3.63, 3.8) is 0 Å². The maximum atomic E-state index is 5.58. The first-order valence-electron chi connectivity index (χ1n) is 5.98. The molecule has 2 aliphatic rings. The Bertz CT molecular complexity index is 388. The van der Waals surface area contributed by atoms with Crippen LogP contribution in [0.3, 0.4) is 0 Å². The lowest BCUT2D eigenvalue weighted by molar-refractivity contribution is 0.171. The summed E-state index contributed by atoms with van der Waals surface area (Å²) in [6, 6.07) is 7.34. The fourth-order valence-corrected chi connectivity index (χ4v) is 2.03. The van der Waals surface area contributed by atoms with Crippen LogP contribution in [-0.4, -0.2) is 19.3 Å². The van der Waals surface area contributed by atoms with Crippen molar-refractivity contribution in [1.82, 2.24) is 5.32 Å². The number of fused-ring (bicyclic) bond motifs is 1. The van der Waals surface area contributed by atoms with Gasteiger partial charge < -0.3 is 14.8 Å². The van der Waals surface area contributed by atoms with Gasteiger partial charge in [0.25, 0.3) is 0 Å². The minimum absolute atomic E-state index is 0.392. The molecule has 0 saturated heterocycles. The number of nitrogens with one attached hydrogen (secondary N) is 1. The topological polar surface area (TPSA) is 30.5 Å². The van der Waals surface area contributed by atoms with Crippen molar-refractivity contribution in [3.05, 3.63) is 23.8 Å². The molecule has 1 unspecified atom stereocenters. The second kappa shape index (κ2) is 3.98. The lowest BCUT2D eigenvalue weighted by atomic mass is 10.1. The molecule has 1 atom stereocenters. The van der Waals surface area contributed by atoms with Crippen LogP contribution in [0.4, 0.5) is 0 Å². The smallest absolute Gasteiger partial charge is 0.161 e. The van der Waals surface area contributed by atoms with Crippen molar-refractivity contribution in [2.45, 2.75) is 31.8 Å². The van der Waals surface area contributed by atoms with Crippen molar-refractivity contribution in [3.8, 4) is 11.5 Å². The fraction of sp³-hybridized carbons (Fsp3) is 0.538. The number of hydrogen-bond donors (Lipinski definition) is 1. The Balaban J connectivity index is 1.78. The molecule has 86 valence electrons. The van der Waals surface area contributed by atoms with E-state index in [4.69, 9.17) is 9.47 Å². The second-order valence-electron chi connectivity index (χ2n) is 4.57. The molecule has 1 aromatic rings. The zero-order chi connectivity index (χ0) is 11.0. The third-order valence-electron chi connectivity index (χ3n) is 3.13. The number of ether oxygens (including phenoxy) is 2. The van der Waals surface area contributed by atoms with Gasteiger partial charge in [0.15, 0.2) is 11.5 Å². The standard InChI is InChI=1S/C13H17NO2/c1-9(14-11-3-4-11)10-2-5-12-13(8-10)16-7-6-15-12/h2,5,8-9,11,14H,3-4,6-7H2,1H3. The van der Waals surface area contributed by atoms with Crippen LogP contribution in [-0.2, 0) is 0 Å². The highest BCUT2D eigenvalue weighted by molar-refractivity contribution is 5.44. The van der Waals surface area contributed by atoms with Crippen LogP contribution in [0.25, 0.3) is 0 Å². The molecule has 1 aromatic carbocycles. The van der Waals surface area contributed by atoms with Crippen LogP contribution in [0.15, 0.2) is 18.2 Å². The van der Waals surface area contributed by atoms with Crippen LogP contribution >= 0.6 is 0 Å². The van der Waals surface area contributed by atoms with Gasteiger partial charge in [0.05, 0.1) is 0 Å². The first-order valence-corrected chi connectivity index (χ1v) is 5.98. The number of hydrogen-bond acceptors (Lipinski definition) is 3. The normalized spacial score (nSPS) is 20.6. The van der Waals surface area contributed by atoms with E-state index in [9.17, 15) is 0 Å². The van der Waals surface area contributed by atoms with Gasteiger partial charge in [-0.1, -0.05) is 6.07 Å². The van der Waals surface area contributed by atoms with Gasteiger partial charge in [-0.2, -0.15) is 0 Å². The third kappa shape index (κ3) is 2.00. The zero-order valence-corrected chi connectivity index (χ0v) is 9.53. The quantitative estimate of drug-likeness (QED) is 0.846. The van der Waals surface area contributed by atoms with Crippen LogP contribution in [0, 0.1) is 0 Å². The van der Waals surface area contributed by atoms with Crippen LogP contribution in [0.5, 0.6) is 11.5 Å². The zero-order valence-electron chi connectivity index (χ0n) is 9.53. The average Bonchev–Trinajstić information content (AvgIpc) is 3.12. The molecule has 3 nitrogen and oxygen atoms in total.